The fraction of sp³-hybridized carbons (Fsp3) is 0.444. The zero-order valence-electron chi connectivity index (χ0n) is 19.0. The van der Waals surface area contributed by atoms with Crippen LogP contribution in [0.3, 0.4) is 0 Å². The Morgan fingerprint density at radius 2 is 1.21 bits per heavy atom. The summed E-state index contributed by atoms with van der Waals surface area (Å²) >= 11 is 0. The summed E-state index contributed by atoms with van der Waals surface area (Å²) in [5.41, 5.74) is 6.18. The summed E-state index contributed by atoms with van der Waals surface area (Å²) in [5.74, 6) is -0.269. The topological polar surface area (TPSA) is 26.3 Å². The van der Waals surface area contributed by atoms with Gasteiger partial charge in [-0.3, -0.25) is 0 Å². The van der Waals surface area contributed by atoms with E-state index in [1.165, 1.54) is 22.3 Å². The number of benzene rings is 1. The standard InChI is InChI=1S/C27H38O2/c1-22(2)12-9-13-23(3)14-10-15-24(4)16-11-17-25(5)20-21-29-27(28)26-18-7-6-8-19-26/h6-8,12,14,16,18-20H,9-11,13,15,17,21H2,1-5H3/b23-14+,24-16?,25-20+. The highest BCUT2D eigenvalue weighted by atomic mass is 16.5. The third-order valence-electron chi connectivity index (χ3n) is 4.81. The molecule has 0 fully saturated rings. The highest BCUT2D eigenvalue weighted by Gasteiger charge is 2.04. The predicted octanol–water partition coefficient (Wildman–Crippen LogP) is 7.99. The van der Waals surface area contributed by atoms with Crippen LogP contribution in [0.1, 0.15) is 83.5 Å². The maximum absolute atomic E-state index is 11.9. The minimum atomic E-state index is -0.269. The van der Waals surface area contributed by atoms with Crippen molar-refractivity contribution in [1.82, 2.24) is 0 Å². The fourth-order valence-corrected chi connectivity index (χ4v) is 2.90. The molecule has 0 saturated carbocycles. The van der Waals surface area contributed by atoms with Gasteiger partial charge in [0.15, 0.2) is 0 Å². The molecular formula is C27H38O2. The average Bonchev–Trinajstić information content (AvgIpc) is 2.68. The summed E-state index contributed by atoms with van der Waals surface area (Å²) in [6.45, 7) is 11.2. The first-order valence-corrected chi connectivity index (χ1v) is 10.7. The SMILES string of the molecule is CC(C)=CCC/C(C)=C/CCC(C)=CCC/C(C)=C/COC(=O)c1ccccc1. The van der Waals surface area contributed by atoms with Crippen molar-refractivity contribution in [2.24, 2.45) is 0 Å². The van der Waals surface area contributed by atoms with E-state index in [4.69, 9.17) is 4.74 Å². The molecule has 1 rings (SSSR count). The highest BCUT2D eigenvalue weighted by molar-refractivity contribution is 5.89. The molecule has 0 saturated heterocycles. The van der Waals surface area contributed by atoms with Gasteiger partial charge in [-0.15, -0.1) is 0 Å². The lowest BCUT2D eigenvalue weighted by molar-refractivity contribution is 0.0549. The van der Waals surface area contributed by atoms with E-state index in [9.17, 15) is 4.79 Å². The Hall–Kier alpha value is -2.35. The Morgan fingerprint density at radius 3 is 1.72 bits per heavy atom. The maximum atomic E-state index is 11.9. The molecule has 0 heterocycles. The van der Waals surface area contributed by atoms with Gasteiger partial charge in [0.25, 0.3) is 0 Å². The zero-order chi connectivity index (χ0) is 21.5. The quantitative estimate of drug-likeness (QED) is 0.265. The van der Waals surface area contributed by atoms with Crippen molar-refractivity contribution < 1.29 is 9.53 Å². The van der Waals surface area contributed by atoms with Gasteiger partial charge in [0.05, 0.1) is 5.56 Å². The second kappa shape index (κ2) is 14.6. The largest absolute Gasteiger partial charge is 0.458 e. The van der Waals surface area contributed by atoms with Crippen LogP contribution in [0.25, 0.3) is 0 Å². The van der Waals surface area contributed by atoms with Crippen LogP contribution < -0.4 is 0 Å². The summed E-state index contributed by atoms with van der Waals surface area (Å²) in [6.07, 6.45) is 15.6. The van der Waals surface area contributed by atoms with Crippen LogP contribution in [0.2, 0.25) is 0 Å². The molecule has 0 atom stereocenters. The average molecular weight is 395 g/mol. The number of ether oxygens (including phenoxy) is 1. The van der Waals surface area contributed by atoms with Crippen molar-refractivity contribution in [3.63, 3.8) is 0 Å². The number of rotatable bonds is 12. The molecule has 29 heavy (non-hydrogen) atoms. The number of hydrogen-bond donors (Lipinski definition) is 0. The summed E-state index contributed by atoms with van der Waals surface area (Å²) < 4.78 is 5.30. The first-order valence-electron chi connectivity index (χ1n) is 10.7. The van der Waals surface area contributed by atoms with Crippen molar-refractivity contribution in [3.8, 4) is 0 Å². The van der Waals surface area contributed by atoms with Crippen LogP contribution in [0.4, 0.5) is 0 Å². The molecule has 1 aromatic carbocycles. The van der Waals surface area contributed by atoms with E-state index in [1.54, 1.807) is 12.1 Å². The Labute approximate surface area is 178 Å². The highest BCUT2D eigenvalue weighted by Crippen LogP contribution is 2.13. The smallest absolute Gasteiger partial charge is 0.338 e. The molecule has 0 aliphatic heterocycles. The lowest BCUT2D eigenvalue weighted by atomic mass is 10.0. The van der Waals surface area contributed by atoms with Crippen LogP contribution in [-0.2, 0) is 4.74 Å². The number of esters is 1. The number of allylic oxidation sites excluding steroid dienone is 7. The molecule has 0 aliphatic carbocycles. The second-order valence-electron chi connectivity index (χ2n) is 8.01. The van der Waals surface area contributed by atoms with Crippen LogP contribution in [0.5, 0.6) is 0 Å². The van der Waals surface area contributed by atoms with E-state index in [1.807, 2.05) is 24.3 Å². The molecular weight excluding hydrogens is 356 g/mol. The molecule has 0 bridgehead atoms. The molecule has 0 unspecified atom stereocenters. The molecule has 0 aliphatic rings. The fourth-order valence-electron chi connectivity index (χ4n) is 2.90. The normalized spacial score (nSPS) is 12.7. The minimum Gasteiger partial charge on any atom is -0.458 e. The van der Waals surface area contributed by atoms with Gasteiger partial charge in [-0.2, -0.15) is 0 Å². The lowest BCUT2D eigenvalue weighted by Crippen LogP contribution is -2.04. The molecule has 158 valence electrons. The third kappa shape index (κ3) is 12.7. The van der Waals surface area contributed by atoms with Gasteiger partial charge in [0, 0.05) is 0 Å². The third-order valence-corrected chi connectivity index (χ3v) is 4.81. The van der Waals surface area contributed by atoms with E-state index in [-0.39, 0.29) is 5.97 Å². The molecule has 0 spiro atoms. The molecule has 2 nitrogen and oxygen atoms in total. The zero-order valence-corrected chi connectivity index (χ0v) is 19.0. The lowest BCUT2D eigenvalue weighted by Gasteiger charge is -2.04. The predicted molar refractivity (Wildman–Crippen MR) is 125 cm³/mol. The Kier molecular flexibility index (Phi) is 12.4. The molecule has 1 aromatic rings. The minimum absolute atomic E-state index is 0.269. The second-order valence-corrected chi connectivity index (χ2v) is 8.01. The summed E-state index contributed by atoms with van der Waals surface area (Å²) in [5, 5.41) is 0. The van der Waals surface area contributed by atoms with Gasteiger partial charge in [-0.1, -0.05) is 58.7 Å². The maximum Gasteiger partial charge on any atom is 0.338 e. The van der Waals surface area contributed by atoms with Crippen molar-refractivity contribution in [2.75, 3.05) is 6.61 Å². The van der Waals surface area contributed by atoms with E-state index in [0.29, 0.717) is 12.2 Å². The number of carbonyl (C=O) groups is 1. The van der Waals surface area contributed by atoms with E-state index < -0.39 is 0 Å². The monoisotopic (exact) mass is 394 g/mol. The van der Waals surface area contributed by atoms with Crippen LogP contribution in [-0.4, -0.2) is 12.6 Å². The molecule has 0 radical (unpaired) electrons. The van der Waals surface area contributed by atoms with E-state index >= 15 is 0 Å². The van der Waals surface area contributed by atoms with Gasteiger partial charge < -0.3 is 4.74 Å². The van der Waals surface area contributed by atoms with E-state index in [2.05, 4.69) is 52.8 Å². The van der Waals surface area contributed by atoms with Crippen LogP contribution in [0.15, 0.2) is 76.9 Å². The summed E-state index contributed by atoms with van der Waals surface area (Å²) in [4.78, 5) is 11.9. The van der Waals surface area contributed by atoms with Gasteiger partial charge in [-0.05, 0) is 91.4 Å². The van der Waals surface area contributed by atoms with Gasteiger partial charge in [0.1, 0.15) is 6.61 Å². The van der Waals surface area contributed by atoms with Crippen molar-refractivity contribution in [3.05, 3.63) is 82.5 Å². The van der Waals surface area contributed by atoms with Crippen molar-refractivity contribution in [2.45, 2.75) is 73.1 Å². The summed E-state index contributed by atoms with van der Waals surface area (Å²) in [6, 6.07) is 9.11. The first-order chi connectivity index (χ1) is 13.9. The number of hydrogen-bond acceptors (Lipinski definition) is 2. The Morgan fingerprint density at radius 1 is 0.724 bits per heavy atom. The van der Waals surface area contributed by atoms with Crippen molar-refractivity contribution >= 4 is 5.97 Å². The molecule has 0 amide bonds. The van der Waals surface area contributed by atoms with Crippen LogP contribution >= 0.6 is 0 Å². The van der Waals surface area contributed by atoms with Crippen LogP contribution in [0, 0.1) is 0 Å². The van der Waals surface area contributed by atoms with E-state index in [0.717, 1.165) is 38.5 Å². The molecule has 0 N–H and O–H groups in total. The molecule has 2 heteroatoms. The number of carbonyl (C=O) groups excluding carboxylic acids is 1. The molecule has 0 aromatic heterocycles. The Bertz CT molecular complexity index is 729. The van der Waals surface area contributed by atoms with Gasteiger partial charge >= 0.3 is 5.97 Å². The Balaban J connectivity index is 2.24. The van der Waals surface area contributed by atoms with Gasteiger partial charge in [0.2, 0.25) is 0 Å². The van der Waals surface area contributed by atoms with Gasteiger partial charge in [-0.25, -0.2) is 4.79 Å². The van der Waals surface area contributed by atoms with Crippen molar-refractivity contribution in [1.29, 1.82) is 0 Å². The summed E-state index contributed by atoms with van der Waals surface area (Å²) in [7, 11) is 0. The first kappa shape index (κ1) is 24.7.